The molecule has 1 aromatic heterocycles. The summed E-state index contributed by atoms with van der Waals surface area (Å²) < 4.78 is 2.47. The Balaban J connectivity index is 0.964. The fraction of sp³-hybridized carbons (Fsp3) is 0. The van der Waals surface area contributed by atoms with Gasteiger partial charge in [0.15, 0.2) is 0 Å². The van der Waals surface area contributed by atoms with Crippen molar-refractivity contribution in [2.75, 3.05) is 0 Å². The number of nitrogens with zero attached hydrogens (tertiary/aromatic N) is 1. The fourth-order valence-corrected chi connectivity index (χ4v) is 11.1. The maximum atomic E-state index is 2.47. The van der Waals surface area contributed by atoms with E-state index in [1.165, 1.54) is 131 Å². The average molecular weight is 822 g/mol. The van der Waals surface area contributed by atoms with Crippen molar-refractivity contribution in [3.05, 3.63) is 237 Å². The predicted molar refractivity (Wildman–Crippen MR) is 280 cm³/mol. The molecule has 300 valence electrons. The van der Waals surface area contributed by atoms with Gasteiger partial charge in [0.05, 0.1) is 11.0 Å². The Bertz CT molecular complexity index is 4190. The van der Waals surface area contributed by atoms with Crippen molar-refractivity contribution in [2.45, 2.75) is 0 Å². The molecule has 1 nitrogen and oxygen atoms in total. The molecule has 0 unspecified atom stereocenters. The van der Waals surface area contributed by atoms with Crippen LogP contribution in [0.4, 0.5) is 0 Å². The summed E-state index contributed by atoms with van der Waals surface area (Å²) in [4.78, 5) is 0. The summed E-state index contributed by atoms with van der Waals surface area (Å²) in [6, 6.07) is 88.0. The summed E-state index contributed by atoms with van der Waals surface area (Å²) in [6.07, 6.45) is 0. The Morgan fingerprint density at radius 2 is 0.646 bits per heavy atom. The molecule has 0 saturated carbocycles. The molecule has 13 aromatic carbocycles. The number of rotatable bonds is 4. The Morgan fingerprint density at radius 1 is 0.215 bits per heavy atom. The van der Waals surface area contributed by atoms with E-state index in [9.17, 15) is 0 Å². The minimum absolute atomic E-state index is 1.16. The Kier molecular flexibility index (Phi) is 7.75. The van der Waals surface area contributed by atoms with Crippen LogP contribution in [-0.2, 0) is 0 Å². The van der Waals surface area contributed by atoms with E-state index < -0.39 is 0 Å². The van der Waals surface area contributed by atoms with Crippen LogP contribution in [0.15, 0.2) is 237 Å². The second-order valence-corrected chi connectivity index (χ2v) is 17.6. The molecule has 0 fully saturated rings. The number of benzene rings is 13. The largest absolute Gasteiger partial charge is 0.309 e. The predicted octanol–water partition coefficient (Wildman–Crippen LogP) is 17.9. The van der Waals surface area contributed by atoms with Crippen LogP contribution >= 0.6 is 0 Å². The molecule has 0 amide bonds. The third-order valence-electron chi connectivity index (χ3n) is 14.0. The summed E-state index contributed by atoms with van der Waals surface area (Å²) in [7, 11) is 0. The third-order valence-corrected chi connectivity index (χ3v) is 14.0. The summed E-state index contributed by atoms with van der Waals surface area (Å²) >= 11 is 0. The first-order valence-electron chi connectivity index (χ1n) is 22.6. The van der Waals surface area contributed by atoms with E-state index in [4.69, 9.17) is 0 Å². The molecule has 0 aliphatic heterocycles. The van der Waals surface area contributed by atoms with Gasteiger partial charge in [0.2, 0.25) is 0 Å². The van der Waals surface area contributed by atoms with E-state index in [0.717, 1.165) is 5.69 Å². The van der Waals surface area contributed by atoms with Crippen molar-refractivity contribution < 1.29 is 0 Å². The Labute approximate surface area is 375 Å². The maximum absolute atomic E-state index is 2.47. The molecule has 0 aliphatic rings. The zero-order chi connectivity index (χ0) is 42.6. The molecule has 0 radical (unpaired) electrons. The first-order valence-corrected chi connectivity index (χ1v) is 22.6. The molecule has 14 rings (SSSR count). The number of fused-ring (bicyclic) bond motifs is 12. The molecule has 1 heterocycles. The van der Waals surface area contributed by atoms with Crippen molar-refractivity contribution in [2.24, 2.45) is 0 Å². The van der Waals surface area contributed by atoms with E-state index in [-0.39, 0.29) is 0 Å². The van der Waals surface area contributed by atoms with Crippen LogP contribution in [0.5, 0.6) is 0 Å². The van der Waals surface area contributed by atoms with E-state index >= 15 is 0 Å². The lowest BCUT2D eigenvalue weighted by Gasteiger charge is -2.19. The zero-order valence-electron chi connectivity index (χ0n) is 35.5. The number of hydrogen-bond acceptors (Lipinski definition) is 0. The highest BCUT2D eigenvalue weighted by Crippen LogP contribution is 2.46. The van der Waals surface area contributed by atoms with Gasteiger partial charge in [-0.3, -0.25) is 0 Å². The lowest BCUT2D eigenvalue weighted by Crippen LogP contribution is -1.94. The van der Waals surface area contributed by atoms with Gasteiger partial charge in [0, 0.05) is 16.5 Å². The smallest absolute Gasteiger partial charge is 0.0547 e. The summed E-state index contributed by atoms with van der Waals surface area (Å²) in [5, 5.41) is 20.2. The SMILES string of the molecule is c1ccc(-c2c3ccccc3c(-c3ccc4cc(-n5c6ccc7ccccc7c6c6c7ccccc7ccc65)ccc4c3)c3ccc(-c4ccc5cc6ccccc6cc5c4)cc23)cc1. The van der Waals surface area contributed by atoms with Crippen LogP contribution < -0.4 is 0 Å². The Morgan fingerprint density at radius 3 is 1.32 bits per heavy atom. The zero-order valence-corrected chi connectivity index (χ0v) is 35.5. The summed E-state index contributed by atoms with van der Waals surface area (Å²) in [6.45, 7) is 0. The third kappa shape index (κ3) is 5.52. The van der Waals surface area contributed by atoms with Gasteiger partial charge < -0.3 is 4.57 Å². The van der Waals surface area contributed by atoms with Crippen molar-refractivity contribution in [3.8, 4) is 39.1 Å². The highest BCUT2D eigenvalue weighted by molar-refractivity contribution is 6.29. The highest BCUT2D eigenvalue weighted by atomic mass is 15.0. The van der Waals surface area contributed by atoms with Gasteiger partial charge >= 0.3 is 0 Å². The second kappa shape index (κ2) is 14.0. The molecular formula is C64H39N. The van der Waals surface area contributed by atoms with Crippen molar-refractivity contribution in [1.29, 1.82) is 0 Å². The van der Waals surface area contributed by atoms with E-state index in [1.807, 2.05) is 0 Å². The maximum Gasteiger partial charge on any atom is 0.0547 e. The quantitative estimate of drug-likeness (QED) is 0.156. The van der Waals surface area contributed by atoms with Crippen LogP contribution in [0.3, 0.4) is 0 Å². The van der Waals surface area contributed by atoms with Crippen LogP contribution in [0.1, 0.15) is 0 Å². The molecule has 65 heavy (non-hydrogen) atoms. The van der Waals surface area contributed by atoms with E-state index in [2.05, 4.69) is 241 Å². The van der Waals surface area contributed by atoms with Crippen molar-refractivity contribution in [3.63, 3.8) is 0 Å². The topological polar surface area (TPSA) is 4.93 Å². The van der Waals surface area contributed by atoms with E-state index in [0.29, 0.717) is 0 Å². The summed E-state index contributed by atoms with van der Waals surface area (Å²) in [5.74, 6) is 0. The number of hydrogen-bond donors (Lipinski definition) is 0. The van der Waals surface area contributed by atoms with Gasteiger partial charge in [0.1, 0.15) is 0 Å². The fourth-order valence-electron chi connectivity index (χ4n) is 11.1. The lowest BCUT2D eigenvalue weighted by molar-refractivity contribution is 1.19. The highest BCUT2D eigenvalue weighted by Gasteiger charge is 2.20. The molecule has 14 aromatic rings. The normalized spacial score (nSPS) is 12.0. The molecule has 0 aliphatic carbocycles. The molecule has 1 heteroatoms. The minimum atomic E-state index is 1.16. The van der Waals surface area contributed by atoms with Gasteiger partial charge in [0.25, 0.3) is 0 Å². The molecule has 0 N–H and O–H groups in total. The van der Waals surface area contributed by atoms with Gasteiger partial charge in [-0.25, -0.2) is 0 Å². The van der Waals surface area contributed by atoms with Gasteiger partial charge in [-0.1, -0.05) is 182 Å². The van der Waals surface area contributed by atoms with Gasteiger partial charge in [-0.05, 0) is 163 Å². The van der Waals surface area contributed by atoms with E-state index in [1.54, 1.807) is 0 Å². The van der Waals surface area contributed by atoms with Crippen molar-refractivity contribution >= 4 is 97.2 Å². The van der Waals surface area contributed by atoms with Crippen LogP contribution in [-0.4, -0.2) is 4.57 Å². The van der Waals surface area contributed by atoms with Gasteiger partial charge in [-0.2, -0.15) is 0 Å². The summed E-state index contributed by atoms with van der Waals surface area (Å²) in [5.41, 5.74) is 11.0. The van der Waals surface area contributed by atoms with Crippen molar-refractivity contribution in [1.82, 2.24) is 4.57 Å². The molecule has 0 atom stereocenters. The monoisotopic (exact) mass is 821 g/mol. The number of aromatic nitrogens is 1. The first-order chi connectivity index (χ1) is 32.2. The standard InChI is InChI=1S/C64H39N/c1-2-14-42(15-3-1)61-55-20-10-11-21-56(55)62(57-31-27-49(39-58(57)61)45-22-23-47-34-43-16-4-5-17-44(43)36-51(47)37-45)50-25-24-48-38-52(30-26-46(48)35-50)65-59-32-28-40-12-6-8-18-53(40)63(59)64-54-19-9-7-13-41(54)29-33-60(64)65/h1-39H. The molecular weight excluding hydrogens is 783 g/mol. The first kappa shape index (κ1) is 36.0. The molecule has 0 saturated heterocycles. The Hall–Kier alpha value is -8.52. The van der Waals surface area contributed by atoms with Crippen LogP contribution in [0.2, 0.25) is 0 Å². The van der Waals surface area contributed by atoms with Gasteiger partial charge in [-0.15, -0.1) is 0 Å². The second-order valence-electron chi connectivity index (χ2n) is 17.6. The minimum Gasteiger partial charge on any atom is -0.309 e. The van der Waals surface area contributed by atoms with Crippen LogP contribution in [0, 0.1) is 0 Å². The average Bonchev–Trinajstić information content (AvgIpc) is 3.72. The molecule has 0 bridgehead atoms. The molecule has 0 spiro atoms. The van der Waals surface area contributed by atoms with Crippen LogP contribution in [0.25, 0.3) is 136 Å². The lowest BCUT2D eigenvalue weighted by atomic mass is 9.84.